The van der Waals surface area contributed by atoms with Gasteiger partial charge in [0.2, 0.25) is 0 Å². The number of benzene rings is 2. The van der Waals surface area contributed by atoms with Gasteiger partial charge in [-0.3, -0.25) is 4.79 Å². The molecule has 0 aliphatic carbocycles. The Morgan fingerprint density at radius 3 is 2.75 bits per heavy atom. The average Bonchev–Trinajstić information content (AvgIpc) is 2.41. The van der Waals surface area contributed by atoms with E-state index >= 15 is 0 Å². The van der Waals surface area contributed by atoms with E-state index in [1.807, 2.05) is 13.0 Å². The van der Waals surface area contributed by atoms with E-state index in [1.165, 1.54) is 12.1 Å². The van der Waals surface area contributed by atoms with Gasteiger partial charge in [-0.05, 0) is 36.8 Å². The molecule has 0 spiro atoms. The molecule has 3 N–H and O–H groups in total. The molecule has 0 aliphatic rings. The number of nitrogens with two attached hydrogens (primary N) is 1. The molecule has 0 unspecified atom stereocenters. The second-order valence-electron chi connectivity index (χ2n) is 4.36. The van der Waals surface area contributed by atoms with Gasteiger partial charge < -0.3 is 15.8 Å². The third-order valence-electron chi connectivity index (χ3n) is 2.68. The number of carbonyl (C=O) groups excluding carboxylic acids is 1. The molecule has 0 fully saturated rings. The van der Waals surface area contributed by atoms with Gasteiger partial charge in [-0.15, -0.1) is 0 Å². The molecular weight excluding hydrogens is 259 g/mol. The zero-order chi connectivity index (χ0) is 14.5. The first-order valence-electron chi connectivity index (χ1n) is 6.09. The Morgan fingerprint density at radius 1 is 1.30 bits per heavy atom. The van der Waals surface area contributed by atoms with Crippen LogP contribution in [0.3, 0.4) is 0 Å². The van der Waals surface area contributed by atoms with Gasteiger partial charge in [-0.25, -0.2) is 4.39 Å². The van der Waals surface area contributed by atoms with E-state index in [1.54, 1.807) is 24.3 Å². The van der Waals surface area contributed by atoms with E-state index in [9.17, 15) is 9.18 Å². The van der Waals surface area contributed by atoms with Gasteiger partial charge in [0.05, 0.1) is 11.4 Å². The second kappa shape index (κ2) is 6.06. The van der Waals surface area contributed by atoms with Gasteiger partial charge in [0, 0.05) is 0 Å². The fraction of sp³-hybridized carbons (Fsp3) is 0.133. The summed E-state index contributed by atoms with van der Waals surface area (Å²) >= 11 is 0. The highest BCUT2D eigenvalue weighted by Crippen LogP contribution is 2.19. The Balaban J connectivity index is 1.94. The van der Waals surface area contributed by atoms with Gasteiger partial charge in [0.1, 0.15) is 0 Å². The molecule has 2 aromatic rings. The molecule has 1 amide bonds. The lowest BCUT2D eigenvalue weighted by molar-refractivity contribution is -0.118. The van der Waals surface area contributed by atoms with Crippen LogP contribution in [0, 0.1) is 12.7 Å². The summed E-state index contributed by atoms with van der Waals surface area (Å²) < 4.78 is 18.4. The van der Waals surface area contributed by atoms with Crippen LogP contribution in [0.1, 0.15) is 5.56 Å². The van der Waals surface area contributed by atoms with Crippen molar-refractivity contribution in [3.63, 3.8) is 0 Å². The molecule has 5 heteroatoms. The van der Waals surface area contributed by atoms with Gasteiger partial charge in [-0.1, -0.05) is 18.2 Å². The van der Waals surface area contributed by atoms with Crippen LogP contribution in [-0.4, -0.2) is 12.5 Å². The van der Waals surface area contributed by atoms with E-state index in [0.717, 1.165) is 5.56 Å². The molecule has 2 rings (SSSR count). The summed E-state index contributed by atoms with van der Waals surface area (Å²) in [5.41, 5.74) is 7.78. The SMILES string of the molecule is Cc1ccc(NC(=O)COc2ccccc2F)c(N)c1. The van der Waals surface area contributed by atoms with Crippen LogP contribution in [0.15, 0.2) is 42.5 Å². The van der Waals surface area contributed by atoms with E-state index in [2.05, 4.69) is 5.32 Å². The highest BCUT2D eigenvalue weighted by Gasteiger charge is 2.08. The van der Waals surface area contributed by atoms with E-state index in [4.69, 9.17) is 10.5 Å². The van der Waals surface area contributed by atoms with Crippen LogP contribution in [0.5, 0.6) is 5.75 Å². The Morgan fingerprint density at radius 2 is 2.05 bits per heavy atom. The monoisotopic (exact) mass is 274 g/mol. The molecule has 104 valence electrons. The number of halogens is 1. The average molecular weight is 274 g/mol. The number of hydrogen-bond donors (Lipinski definition) is 2. The zero-order valence-electron chi connectivity index (χ0n) is 11.0. The molecule has 0 bridgehead atoms. The maximum absolute atomic E-state index is 13.3. The van der Waals surface area contributed by atoms with Crippen molar-refractivity contribution in [1.82, 2.24) is 0 Å². The Hall–Kier alpha value is -2.56. The standard InChI is InChI=1S/C15H15FN2O2/c1-10-6-7-13(12(17)8-10)18-15(19)9-20-14-5-3-2-4-11(14)16/h2-8H,9,17H2,1H3,(H,18,19). The van der Waals surface area contributed by atoms with E-state index < -0.39 is 11.7 Å². The van der Waals surface area contributed by atoms with E-state index in [0.29, 0.717) is 11.4 Å². The van der Waals surface area contributed by atoms with Crippen LogP contribution < -0.4 is 15.8 Å². The topological polar surface area (TPSA) is 64.3 Å². The van der Waals surface area contributed by atoms with Crippen LogP contribution in [-0.2, 0) is 4.79 Å². The van der Waals surface area contributed by atoms with Crippen molar-refractivity contribution in [1.29, 1.82) is 0 Å². The zero-order valence-corrected chi connectivity index (χ0v) is 11.0. The molecule has 2 aromatic carbocycles. The Labute approximate surface area is 116 Å². The lowest BCUT2D eigenvalue weighted by Crippen LogP contribution is -2.21. The van der Waals surface area contributed by atoms with Crippen molar-refractivity contribution in [3.8, 4) is 5.75 Å². The number of nitrogens with one attached hydrogen (secondary N) is 1. The van der Waals surface area contributed by atoms with Gasteiger partial charge in [0.25, 0.3) is 5.91 Å². The molecule has 0 saturated heterocycles. The Kier molecular flexibility index (Phi) is 4.20. The molecule has 20 heavy (non-hydrogen) atoms. The molecule has 0 aliphatic heterocycles. The smallest absolute Gasteiger partial charge is 0.262 e. The number of nitrogen functional groups attached to an aromatic ring is 1. The summed E-state index contributed by atoms with van der Waals surface area (Å²) in [5, 5.41) is 2.62. The highest BCUT2D eigenvalue weighted by atomic mass is 19.1. The third-order valence-corrected chi connectivity index (χ3v) is 2.68. The molecule has 0 radical (unpaired) electrons. The second-order valence-corrected chi connectivity index (χ2v) is 4.36. The van der Waals surface area contributed by atoms with Crippen LogP contribution in [0.25, 0.3) is 0 Å². The van der Waals surface area contributed by atoms with Crippen LogP contribution in [0.4, 0.5) is 15.8 Å². The molecular formula is C15H15FN2O2. The first kappa shape index (κ1) is 13.9. The number of hydrogen-bond acceptors (Lipinski definition) is 3. The quantitative estimate of drug-likeness (QED) is 0.842. The predicted octanol–water partition coefficient (Wildman–Crippen LogP) is 2.73. The molecule has 0 saturated carbocycles. The molecule has 0 heterocycles. The van der Waals surface area contributed by atoms with Gasteiger partial charge >= 0.3 is 0 Å². The minimum Gasteiger partial charge on any atom is -0.481 e. The lowest BCUT2D eigenvalue weighted by Gasteiger charge is -2.10. The highest BCUT2D eigenvalue weighted by molar-refractivity contribution is 5.94. The van der Waals surface area contributed by atoms with Gasteiger partial charge in [-0.2, -0.15) is 0 Å². The molecule has 4 nitrogen and oxygen atoms in total. The predicted molar refractivity (Wildman–Crippen MR) is 76.1 cm³/mol. The number of anilines is 2. The fourth-order valence-electron chi connectivity index (χ4n) is 1.69. The number of rotatable bonds is 4. The maximum atomic E-state index is 13.3. The van der Waals surface area contributed by atoms with Crippen molar-refractivity contribution in [2.45, 2.75) is 6.92 Å². The fourth-order valence-corrected chi connectivity index (χ4v) is 1.69. The van der Waals surface area contributed by atoms with Crippen LogP contribution in [0.2, 0.25) is 0 Å². The third kappa shape index (κ3) is 3.47. The number of amides is 1. The first-order chi connectivity index (χ1) is 9.56. The Bertz CT molecular complexity index is 629. The van der Waals surface area contributed by atoms with Crippen molar-refractivity contribution < 1.29 is 13.9 Å². The van der Waals surface area contributed by atoms with Crippen molar-refractivity contribution in [2.24, 2.45) is 0 Å². The summed E-state index contributed by atoms with van der Waals surface area (Å²) in [5.74, 6) is -0.863. The summed E-state index contributed by atoms with van der Waals surface area (Å²) in [7, 11) is 0. The summed E-state index contributed by atoms with van der Waals surface area (Å²) in [6.45, 7) is 1.62. The maximum Gasteiger partial charge on any atom is 0.262 e. The molecule has 0 atom stereocenters. The molecule has 0 aromatic heterocycles. The normalized spacial score (nSPS) is 10.1. The van der Waals surface area contributed by atoms with Gasteiger partial charge in [0.15, 0.2) is 18.2 Å². The summed E-state index contributed by atoms with van der Waals surface area (Å²) in [6, 6.07) is 11.2. The lowest BCUT2D eigenvalue weighted by atomic mass is 10.2. The number of ether oxygens (including phenoxy) is 1. The van der Waals surface area contributed by atoms with Crippen molar-refractivity contribution in [2.75, 3.05) is 17.7 Å². The number of para-hydroxylation sites is 1. The number of aryl methyl sites for hydroxylation is 1. The first-order valence-corrected chi connectivity index (χ1v) is 6.09. The van der Waals surface area contributed by atoms with Crippen molar-refractivity contribution in [3.05, 3.63) is 53.8 Å². The largest absolute Gasteiger partial charge is 0.481 e. The minimum atomic E-state index is -0.504. The van der Waals surface area contributed by atoms with E-state index in [-0.39, 0.29) is 12.4 Å². The minimum absolute atomic E-state index is 0.0412. The summed E-state index contributed by atoms with van der Waals surface area (Å²) in [6.07, 6.45) is 0. The number of carbonyl (C=O) groups is 1. The van der Waals surface area contributed by atoms with Crippen LogP contribution >= 0.6 is 0 Å². The summed E-state index contributed by atoms with van der Waals surface area (Å²) in [4.78, 5) is 11.7. The van der Waals surface area contributed by atoms with Crippen molar-refractivity contribution >= 4 is 17.3 Å².